The Morgan fingerprint density at radius 1 is 1.47 bits per heavy atom. The number of rotatable bonds is 6. The average Bonchev–Trinajstić information content (AvgIpc) is 2.90. The lowest BCUT2D eigenvalue weighted by Gasteiger charge is -2.21. The SMILES string of the molecule is CC(CNCC1CCC(=O)N1)CN1CCCC1. The molecule has 2 atom stereocenters. The van der Waals surface area contributed by atoms with Crippen LogP contribution in [-0.2, 0) is 4.79 Å². The van der Waals surface area contributed by atoms with E-state index in [-0.39, 0.29) is 5.91 Å². The highest BCUT2D eigenvalue weighted by molar-refractivity contribution is 5.78. The van der Waals surface area contributed by atoms with Crippen molar-refractivity contribution in [3.8, 4) is 0 Å². The summed E-state index contributed by atoms with van der Waals surface area (Å²) in [5, 5.41) is 6.47. The van der Waals surface area contributed by atoms with Crippen molar-refractivity contribution in [2.24, 2.45) is 5.92 Å². The Morgan fingerprint density at radius 2 is 2.24 bits per heavy atom. The van der Waals surface area contributed by atoms with Crippen molar-refractivity contribution in [3.05, 3.63) is 0 Å². The normalized spacial score (nSPS) is 27.4. The van der Waals surface area contributed by atoms with Crippen LogP contribution in [0.1, 0.15) is 32.6 Å². The highest BCUT2D eigenvalue weighted by atomic mass is 16.1. The van der Waals surface area contributed by atoms with Crippen molar-refractivity contribution >= 4 is 5.91 Å². The largest absolute Gasteiger partial charge is 0.352 e. The van der Waals surface area contributed by atoms with Gasteiger partial charge < -0.3 is 15.5 Å². The van der Waals surface area contributed by atoms with Crippen LogP contribution in [0, 0.1) is 5.92 Å². The van der Waals surface area contributed by atoms with Crippen LogP contribution in [0.2, 0.25) is 0 Å². The Labute approximate surface area is 104 Å². The number of nitrogens with zero attached hydrogens (tertiary/aromatic N) is 1. The second-order valence-electron chi connectivity index (χ2n) is 5.57. The van der Waals surface area contributed by atoms with E-state index >= 15 is 0 Å². The van der Waals surface area contributed by atoms with Gasteiger partial charge in [0.05, 0.1) is 0 Å². The third-order valence-corrected chi connectivity index (χ3v) is 3.74. The number of hydrogen-bond acceptors (Lipinski definition) is 3. The first-order chi connectivity index (χ1) is 8.24. The van der Waals surface area contributed by atoms with Gasteiger partial charge in [-0.15, -0.1) is 0 Å². The fourth-order valence-corrected chi connectivity index (χ4v) is 2.80. The summed E-state index contributed by atoms with van der Waals surface area (Å²) in [6.45, 7) is 8.06. The van der Waals surface area contributed by atoms with E-state index < -0.39 is 0 Å². The predicted octanol–water partition coefficient (Wildman–Crippen LogP) is 0.587. The summed E-state index contributed by atoms with van der Waals surface area (Å²) in [4.78, 5) is 13.6. The standard InChI is InChI=1S/C13H25N3O/c1-11(10-16-6-2-3-7-16)8-14-9-12-4-5-13(17)15-12/h11-12,14H,2-10H2,1H3,(H,15,17). The number of amides is 1. The van der Waals surface area contributed by atoms with Gasteiger partial charge in [-0.05, 0) is 44.8 Å². The molecule has 2 unspecified atom stereocenters. The molecule has 2 fully saturated rings. The molecule has 0 radical (unpaired) electrons. The molecule has 0 aromatic heterocycles. The molecule has 2 saturated heterocycles. The van der Waals surface area contributed by atoms with Crippen molar-refractivity contribution < 1.29 is 4.79 Å². The molecule has 0 aromatic rings. The second-order valence-corrected chi connectivity index (χ2v) is 5.57. The lowest BCUT2D eigenvalue weighted by molar-refractivity contribution is -0.119. The summed E-state index contributed by atoms with van der Waals surface area (Å²) >= 11 is 0. The van der Waals surface area contributed by atoms with E-state index in [1.165, 1.54) is 32.5 Å². The zero-order chi connectivity index (χ0) is 12.1. The molecule has 2 N–H and O–H groups in total. The highest BCUT2D eigenvalue weighted by Gasteiger charge is 2.20. The van der Waals surface area contributed by atoms with Crippen molar-refractivity contribution in [2.45, 2.75) is 38.6 Å². The van der Waals surface area contributed by atoms with Gasteiger partial charge in [-0.1, -0.05) is 6.92 Å². The molecule has 17 heavy (non-hydrogen) atoms. The van der Waals surface area contributed by atoms with Gasteiger partial charge in [0.25, 0.3) is 0 Å². The number of hydrogen-bond donors (Lipinski definition) is 2. The molecule has 1 amide bonds. The summed E-state index contributed by atoms with van der Waals surface area (Å²) in [6.07, 6.45) is 4.44. The van der Waals surface area contributed by atoms with Crippen LogP contribution in [0.5, 0.6) is 0 Å². The zero-order valence-electron chi connectivity index (χ0n) is 10.9. The monoisotopic (exact) mass is 239 g/mol. The van der Waals surface area contributed by atoms with E-state index in [0.29, 0.717) is 18.4 Å². The molecule has 0 aromatic carbocycles. The van der Waals surface area contributed by atoms with Crippen molar-refractivity contribution in [2.75, 3.05) is 32.7 Å². The quantitative estimate of drug-likeness (QED) is 0.713. The minimum atomic E-state index is 0.210. The lowest BCUT2D eigenvalue weighted by atomic mass is 10.1. The van der Waals surface area contributed by atoms with Crippen LogP contribution in [0.4, 0.5) is 0 Å². The molecule has 0 aliphatic carbocycles. The fraction of sp³-hybridized carbons (Fsp3) is 0.923. The van der Waals surface area contributed by atoms with Gasteiger partial charge in [-0.25, -0.2) is 0 Å². The fourth-order valence-electron chi connectivity index (χ4n) is 2.80. The van der Waals surface area contributed by atoms with E-state index in [2.05, 4.69) is 22.5 Å². The molecule has 2 rings (SSSR count). The van der Waals surface area contributed by atoms with Crippen LogP contribution in [0.3, 0.4) is 0 Å². The number of nitrogens with one attached hydrogen (secondary N) is 2. The zero-order valence-corrected chi connectivity index (χ0v) is 10.9. The van der Waals surface area contributed by atoms with E-state index in [4.69, 9.17) is 0 Å². The molecular weight excluding hydrogens is 214 g/mol. The average molecular weight is 239 g/mol. The van der Waals surface area contributed by atoms with Crippen LogP contribution < -0.4 is 10.6 Å². The number of carbonyl (C=O) groups excluding carboxylic acids is 1. The van der Waals surface area contributed by atoms with E-state index in [9.17, 15) is 4.79 Å². The summed E-state index contributed by atoms with van der Waals surface area (Å²) in [6, 6.07) is 0.362. The molecule has 98 valence electrons. The third kappa shape index (κ3) is 4.28. The van der Waals surface area contributed by atoms with Crippen molar-refractivity contribution in [1.82, 2.24) is 15.5 Å². The maximum atomic E-state index is 11.0. The van der Waals surface area contributed by atoms with Crippen LogP contribution in [0.15, 0.2) is 0 Å². The first-order valence-electron chi connectivity index (χ1n) is 6.96. The topological polar surface area (TPSA) is 44.4 Å². The lowest BCUT2D eigenvalue weighted by Crippen LogP contribution is -2.39. The van der Waals surface area contributed by atoms with Crippen LogP contribution in [0.25, 0.3) is 0 Å². The van der Waals surface area contributed by atoms with Gasteiger partial charge in [0.15, 0.2) is 0 Å². The van der Waals surface area contributed by atoms with Crippen molar-refractivity contribution in [3.63, 3.8) is 0 Å². The highest BCUT2D eigenvalue weighted by Crippen LogP contribution is 2.10. The summed E-state index contributed by atoms with van der Waals surface area (Å²) < 4.78 is 0. The summed E-state index contributed by atoms with van der Waals surface area (Å²) in [5.74, 6) is 0.909. The number of likely N-dealkylation sites (tertiary alicyclic amines) is 1. The molecular formula is C13H25N3O. The molecule has 2 heterocycles. The van der Waals surface area contributed by atoms with Crippen LogP contribution >= 0.6 is 0 Å². The molecule has 0 saturated carbocycles. The van der Waals surface area contributed by atoms with Gasteiger partial charge in [0, 0.05) is 25.6 Å². The summed E-state index contributed by atoms with van der Waals surface area (Å²) in [5.41, 5.74) is 0. The first-order valence-corrected chi connectivity index (χ1v) is 6.96. The first kappa shape index (κ1) is 12.8. The minimum absolute atomic E-state index is 0.210. The predicted molar refractivity (Wildman–Crippen MR) is 68.9 cm³/mol. The molecule has 0 spiro atoms. The van der Waals surface area contributed by atoms with Gasteiger partial charge in [-0.3, -0.25) is 4.79 Å². The Bertz CT molecular complexity index is 251. The molecule has 0 bridgehead atoms. The Morgan fingerprint density at radius 3 is 2.88 bits per heavy atom. The molecule has 2 aliphatic rings. The Balaban J connectivity index is 1.53. The Hall–Kier alpha value is -0.610. The van der Waals surface area contributed by atoms with E-state index in [1.807, 2.05) is 0 Å². The smallest absolute Gasteiger partial charge is 0.220 e. The van der Waals surface area contributed by atoms with Crippen molar-refractivity contribution in [1.29, 1.82) is 0 Å². The Kier molecular flexibility index (Phi) is 4.80. The van der Waals surface area contributed by atoms with E-state index in [0.717, 1.165) is 19.5 Å². The van der Waals surface area contributed by atoms with E-state index in [1.54, 1.807) is 0 Å². The third-order valence-electron chi connectivity index (χ3n) is 3.74. The minimum Gasteiger partial charge on any atom is -0.352 e. The maximum absolute atomic E-state index is 11.0. The number of carbonyl (C=O) groups is 1. The van der Waals surface area contributed by atoms with Gasteiger partial charge in [0.2, 0.25) is 5.91 Å². The van der Waals surface area contributed by atoms with Crippen LogP contribution in [-0.4, -0.2) is 49.6 Å². The molecule has 4 heteroatoms. The molecule has 4 nitrogen and oxygen atoms in total. The second kappa shape index (κ2) is 6.36. The maximum Gasteiger partial charge on any atom is 0.220 e. The van der Waals surface area contributed by atoms with Gasteiger partial charge in [-0.2, -0.15) is 0 Å². The summed E-state index contributed by atoms with van der Waals surface area (Å²) in [7, 11) is 0. The van der Waals surface area contributed by atoms with Gasteiger partial charge in [0.1, 0.15) is 0 Å². The van der Waals surface area contributed by atoms with Gasteiger partial charge >= 0.3 is 0 Å². The molecule has 2 aliphatic heterocycles.